The van der Waals surface area contributed by atoms with Crippen LogP contribution in [0.25, 0.3) is 0 Å². The Bertz CT molecular complexity index is 1490. The average molecular weight is 534 g/mol. The third-order valence-corrected chi connectivity index (χ3v) is 10.3. The molecule has 0 radical (unpaired) electrons. The standard InChI is InChI=1S/C34H35N3O3/c1-2-32-17-16-28(38)36-19-18-34(30(32)36)26-14-9-15-27(40-21-25-12-7-4-8-13-25)29(26)37(20-24-10-5-3-6-11-24)31(34)33(39,22-32)23-35/h3-15,30-31,39H,2,16-22H2,1H3/t30-,31-,32-,33-,34+/m1/s1. The number of aliphatic hydroxyl groups is 1. The lowest BCUT2D eigenvalue weighted by Crippen LogP contribution is -2.73. The minimum atomic E-state index is -1.58. The van der Waals surface area contributed by atoms with Gasteiger partial charge in [-0.1, -0.05) is 79.7 Å². The van der Waals surface area contributed by atoms with Gasteiger partial charge < -0.3 is 19.6 Å². The molecular weight excluding hydrogens is 498 g/mol. The van der Waals surface area contributed by atoms with Crippen LogP contribution in [-0.4, -0.2) is 40.1 Å². The molecule has 3 aromatic rings. The van der Waals surface area contributed by atoms with Gasteiger partial charge in [0.2, 0.25) is 5.91 Å². The molecular formula is C34H35N3O3. The van der Waals surface area contributed by atoms with Gasteiger partial charge in [0.25, 0.3) is 0 Å². The number of benzene rings is 3. The summed E-state index contributed by atoms with van der Waals surface area (Å²) in [6, 6.07) is 28.4. The Morgan fingerprint density at radius 2 is 1.70 bits per heavy atom. The van der Waals surface area contributed by atoms with E-state index in [4.69, 9.17) is 4.74 Å². The monoisotopic (exact) mass is 533 g/mol. The van der Waals surface area contributed by atoms with E-state index in [1.54, 1.807) is 0 Å². The number of piperidine rings is 1. The molecule has 4 aliphatic rings. The van der Waals surface area contributed by atoms with E-state index in [0.717, 1.165) is 41.0 Å². The number of hydrogen-bond donors (Lipinski definition) is 1. The van der Waals surface area contributed by atoms with Gasteiger partial charge in [0.05, 0.1) is 17.8 Å². The molecule has 1 N–H and O–H groups in total. The third kappa shape index (κ3) is 3.40. The number of para-hydroxylation sites is 1. The van der Waals surface area contributed by atoms with Crippen LogP contribution in [0.1, 0.15) is 55.7 Å². The number of nitrogens with zero attached hydrogens (tertiary/aromatic N) is 3. The van der Waals surface area contributed by atoms with Gasteiger partial charge in [-0.15, -0.1) is 0 Å². The van der Waals surface area contributed by atoms with Gasteiger partial charge in [-0.25, -0.2) is 0 Å². The third-order valence-electron chi connectivity index (χ3n) is 10.3. The number of rotatable bonds is 6. The largest absolute Gasteiger partial charge is 0.487 e. The molecule has 3 fully saturated rings. The van der Waals surface area contributed by atoms with Crippen molar-refractivity contribution in [2.45, 2.75) is 75.3 Å². The van der Waals surface area contributed by atoms with Crippen molar-refractivity contribution in [1.29, 1.82) is 5.26 Å². The fourth-order valence-corrected chi connectivity index (χ4v) is 8.85. The molecule has 6 heteroatoms. The maximum absolute atomic E-state index is 13.4. The topological polar surface area (TPSA) is 76.8 Å². The van der Waals surface area contributed by atoms with Gasteiger partial charge >= 0.3 is 0 Å². The number of nitriles is 1. The molecule has 3 aromatic carbocycles. The van der Waals surface area contributed by atoms with Crippen LogP contribution >= 0.6 is 0 Å². The Balaban J connectivity index is 1.44. The van der Waals surface area contributed by atoms with Crippen molar-refractivity contribution in [2.75, 3.05) is 11.4 Å². The van der Waals surface area contributed by atoms with E-state index in [1.807, 2.05) is 48.5 Å². The molecule has 1 spiro atoms. The van der Waals surface area contributed by atoms with E-state index in [1.165, 1.54) is 0 Å². The first kappa shape index (κ1) is 25.2. The van der Waals surface area contributed by atoms with Crippen molar-refractivity contribution in [2.24, 2.45) is 5.41 Å². The Morgan fingerprint density at radius 3 is 2.40 bits per heavy atom. The minimum Gasteiger partial charge on any atom is -0.487 e. The molecule has 204 valence electrons. The van der Waals surface area contributed by atoms with E-state index in [2.05, 4.69) is 53.1 Å². The summed E-state index contributed by atoms with van der Waals surface area (Å²) in [5.74, 6) is 0.954. The van der Waals surface area contributed by atoms with Gasteiger partial charge in [-0.2, -0.15) is 5.26 Å². The Labute approximate surface area is 235 Å². The zero-order valence-electron chi connectivity index (χ0n) is 22.9. The number of carbonyl (C=O) groups excluding carboxylic acids is 1. The van der Waals surface area contributed by atoms with Gasteiger partial charge in [0, 0.05) is 31.0 Å². The fraction of sp³-hybridized carbons (Fsp3) is 0.412. The molecule has 7 rings (SSSR count). The number of hydrogen-bond acceptors (Lipinski definition) is 5. The van der Waals surface area contributed by atoms with E-state index in [-0.39, 0.29) is 17.4 Å². The summed E-state index contributed by atoms with van der Waals surface area (Å²) in [6.45, 7) is 3.77. The van der Waals surface area contributed by atoms with Crippen LogP contribution in [0.2, 0.25) is 0 Å². The quantitative estimate of drug-likeness (QED) is 0.433. The van der Waals surface area contributed by atoms with Crippen molar-refractivity contribution in [3.63, 3.8) is 0 Å². The predicted molar refractivity (Wildman–Crippen MR) is 153 cm³/mol. The maximum Gasteiger partial charge on any atom is 0.222 e. The highest BCUT2D eigenvalue weighted by Crippen LogP contribution is 2.68. The highest BCUT2D eigenvalue weighted by molar-refractivity contribution is 5.81. The molecule has 0 bridgehead atoms. The summed E-state index contributed by atoms with van der Waals surface area (Å²) in [4.78, 5) is 17.7. The zero-order valence-corrected chi connectivity index (χ0v) is 22.9. The Kier molecular flexibility index (Phi) is 5.73. The number of ether oxygens (including phenoxy) is 1. The van der Waals surface area contributed by atoms with Crippen LogP contribution in [0.15, 0.2) is 78.9 Å². The fourth-order valence-electron chi connectivity index (χ4n) is 8.85. The highest BCUT2D eigenvalue weighted by Gasteiger charge is 2.75. The summed E-state index contributed by atoms with van der Waals surface area (Å²) < 4.78 is 6.54. The van der Waals surface area contributed by atoms with Crippen molar-refractivity contribution in [3.05, 3.63) is 95.6 Å². The summed E-state index contributed by atoms with van der Waals surface area (Å²) in [7, 11) is 0. The van der Waals surface area contributed by atoms with Gasteiger partial charge in [0.15, 0.2) is 5.60 Å². The molecule has 1 amide bonds. The first-order chi connectivity index (χ1) is 19.5. The first-order valence-electron chi connectivity index (χ1n) is 14.5. The second kappa shape index (κ2) is 9.11. The second-order valence-corrected chi connectivity index (χ2v) is 12.2. The molecule has 0 aromatic heterocycles. The smallest absolute Gasteiger partial charge is 0.222 e. The van der Waals surface area contributed by atoms with Crippen LogP contribution < -0.4 is 9.64 Å². The Hall–Kier alpha value is -3.82. The molecule has 6 nitrogen and oxygen atoms in total. The van der Waals surface area contributed by atoms with E-state index in [0.29, 0.717) is 39.0 Å². The summed E-state index contributed by atoms with van der Waals surface area (Å²) in [5, 5.41) is 23.2. The maximum atomic E-state index is 13.4. The SMILES string of the molecule is CC[C@@]12CCC(=O)N3CC[C@]4(c5cccc(OCc6ccccc6)c5N(Cc5ccccc5)[C@@H]4[C@](O)(C#N)C1)[C@H]32. The predicted octanol–water partition coefficient (Wildman–Crippen LogP) is 5.34. The molecule has 2 saturated heterocycles. The second-order valence-electron chi connectivity index (χ2n) is 12.2. The average Bonchev–Trinajstić information content (AvgIpc) is 3.53. The van der Waals surface area contributed by atoms with Crippen molar-refractivity contribution in [1.82, 2.24) is 4.90 Å². The molecule has 1 saturated carbocycles. The van der Waals surface area contributed by atoms with Crippen molar-refractivity contribution in [3.8, 4) is 11.8 Å². The summed E-state index contributed by atoms with van der Waals surface area (Å²) >= 11 is 0. The lowest BCUT2D eigenvalue weighted by atomic mass is 9.48. The number of anilines is 1. The lowest BCUT2D eigenvalue weighted by molar-refractivity contribution is -0.156. The molecule has 5 atom stereocenters. The number of carbonyl (C=O) groups is 1. The molecule has 3 aliphatic heterocycles. The number of amides is 1. The van der Waals surface area contributed by atoms with Gasteiger partial charge in [0.1, 0.15) is 12.4 Å². The Morgan fingerprint density at radius 1 is 0.975 bits per heavy atom. The van der Waals surface area contributed by atoms with Crippen molar-refractivity contribution < 1.29 is 14.6 Å². The molecule has 0 unspecified atom stereocenters. The molecule has 3 heterocycles. The van der Waals surface area contributed by atoms with Gasteiger partial charge in [-0.05, 0) is 53.9 Å². The van der Waals surface area contributed by atoms with Crippen LogP contribution in [0.5, 0.6) is 5.75 Å². The first-order valence-corrected chi connectivity index (χ1v) is 14.5. The number of fused-ring (bicyclic) bond motifs is 1. The van der Waals surface area contributed by atoms with Crippen LogP contribution in [0, 0.1) is 16.7 Å². The van der Waals surface area contributed by atoms with Crippen LogP contribution in [0.3, 0.4) is 0 Å². The lowest BCUT2D eigenvalue weighted by Gasteiger charge is -2.61. The van der Waals surface area contributed by atoms with Crippen LogP contribution in [-0.2, 0) is 23.4 Å². The summed E-state index contributed by atoms with van der Waals surface area (Å²) in [6.07, 6.45) is 3.10. The van der Waals surface area contributed by atoms with E-state index >= 15 is 0 Å². The molecule has 1 aliphatic carbocycles. The zero-order chi connectivity index (χ0) is 27.5. The van der Waals surface area contributed by atoms with E-state index in [9.17, 15) is 15.2 Å². The van der Waals surface area contributed by atoms with E-state index < -0.39 is 17.1 Å². The normalized spacial score (nSPS) is 31.8. The van der Waals surface area contributed by atoms with Crippen LogP contribution in [0.4, 0.5) is 5.69 Å². The molecule has 40 heavy (non-hydrogen) atoms. The van der Waals surface area contributed by atoms with Crippen molar-refractivity contribution >= 4 is 11.6 Å². The minimum absolute atomic E-state index is 0.0613. The van der Waals surface area contributed by atoms with Gasteiger partial charge in [-0.3, -0.25) is 4.79 Å². The highest BCUT2D eigenvalue weighted by atomic mass is 16.5. The summed E-state index contributed by atoms with van der Waals surface area (Å²) in [5.41, 5.74) is 1.78.